The molecule has 2 aliphatic rings. The fraction of sp³-hybridized carbons (Fsp3) is 0.800. The van der Waals surface area contributed by atoms with E-state index in [4.69, 9.17) is 0 Å². The third-order valence-corrected chi connectivity index (χ3v) is 4.44. The lowest BCUT2D eigenvalue weighted by Gasteiger charge is -2.33. The van der Waals surface area contributed by atoms with Gasteiger partial charge in [0.2, 0.25) is 5.91 Å². The fourth-order valence-electron chi connectivity index (χ4n) is 3.16. The van der Waals surface area contributed by atoms with Crippen LogP contribution in [0.5, 0.6) is 0 Å². The molecular weight excluding hydrogens is 224 g/mol. The van der Waals surface area contributed by atoms with Crippen LogP contribution in [0.4, 0.5) is 0 Å². The number of rotatable bonds is 5. The van der Waals surface area contributed by atoms with E-state index in [1.807, 2.05) is 0 Å². The lowest BCUT2D eigenvalue weighted by atomic mass is 9.78. The van der Waals surface area contributed by atoms with E-state index in [1.54, 1.807) is 0 Å². The summed E-state index contributed by atoms with van der Waals surface area (Å²) in [6.45, 7) is 9.31. The van der Waals surface area contributed by atoms with Crippen LogP contribution in [0.25, 0.3) is 0 Å². The normalized spacial score (nSPS) is 28.9. The Kier molecular flexibility index (Phi) is 4.44. The molecule has 2 rings (SSSR count). The lowest BCUT2D eigenvalue weighted by molar-refractivity contribution is -0.131. The van der Waals surface area contributed by atoms with Gasteiger partial charge in [-0.25, -0.2) is 0 Å². The average molecular weight is 250 g/mol. The molecule has 3 nitrogen and oxygen atoms in total. The molecule has 1 N–H and O–H groups in total. The zero-order valence-corrected chi connectivity index (χ0v) is 11.6. The second-order valence-corrected chi connectivity index (χ2v) is 5.92. The molecule has 0 aromatic heterocycles. The Bertz CT molecular complexity index is 326. The highest BCUT2D eigenvalue weighted by atomic mass is 16.2. The van der Waals surface area contributed by atoms with Gasteiger partial charge in [-0.05, 0) is 38.8 Å². The Morgan fingerprint density at radius 1 is 1.33 bits per heavy atom. The first-order valence-electron chi connectivity index (χ1n) is 7.38. The quantitative estimate of drug-likeness (QED) is 0.761. The summed E-state index contributed by atoms with van der Waals surface area (Å²) in [5.41, 5.74) is 0.790. The fourth-order valence-corrected chi connectivity index (χ4v) is 3.16. The highest BCUT2D eigenvalue weighted by Gasteiger charge is 2.45. The first-order valence-corrected chi connectivity index (χ1v) is 7.38. The number of hydrogen-bond donors (Lipinski definition) is 1. The maximum Gasteiger partial charge on any atom is 0.231 e. The summed E-state index contributed by atoms with van der Waals surface area (Å²) in [6, 6.07) is 0. The number of carbonyl (C=O) groups is 1. The Balaban J connectivity index is 1.80. The van der Waals surface area contributed by atoms with Gasteiger partial charge < -0.3 is 10.2 Å². The second-order valence-electron chi connectivity index (χ2n) is 5.92. The Labute approximate surface area is 111 Å². The van der Waals surface area contributed by atoms with Crippen LogP contribution < -0.4 is 5.32 Å². The molecule has 0 bridgehead atoms. The van der Waals surface area contributed by atoms with Gasteiger partial charge in [-0.2, -0.15) is 0 Å². The van der Waals surface area contributed by atoms with Crippen molar-refractivity contribution in [2.24, 2.45) is 5.41 Å². The van der Waals surface area contributed by atoms with Crippen molar-refractivity contribution in [3.05, 3.63) is 12.3 Å². The van der Waals surface area contributed by atoms with Crippen molar-refractivity contribution in [1.29, 1.82) is 0 Å². The average Bonchev–Trinajstić information content (AvgIpc) is 2.76. The van der Waals surface area contributed by atoms with Crippen molar-refractivity contribution in [2.75, 3.05) is 19.6 Å². The predicted molar refractivity (Wildman–Crippen MR) is 74.1 cm³/mol. The third-order valence-electron chi connectivity index (χ3n) is 4.44. The minimum atomic E-state index is -0.105. The summed E-state index contributed by atoms with van der Waals surface area (Å²) in [5, 5.41) is 2.95. The molecular formula is C15H26N2O. The van der Waals surface area contributed by atoms with Gasteiger partial charge in [0.25, 0.3) is 0 Å². The van der Waals surface area contributed by atoms with Crippen LogP contribution in [0.2, 0.25) is 0 Å². The summed E-state index contributed by atoms with van der Waals surface area (Å²) in [6.07, 6.45) is 8.19. The summed E-state index contributed by atoms with van der Waals surface area (Å²) in [7, 11) is 0. The van der Waals surface area contributed by atoms with Crippen LogP contribution in [-0.2, 0) is 4.79 Å². The van der Waals surface area contributed by atoms with Crippen LogP contribution >= 0.6 is 0 Å². The maximum atomic E-state index is 12.2. The van der Waals surface area contributed by atoms with Crippen molar-refractivity contribution in [3.63, 3.8) is 0 Å². The molecule has 1 unspecified atom stereocenters. The lowest BCUT2D eigenvalue weighted by Crippen LogP contribution is -2.46. The molecule has 1 spiro atoms. The molecule has 0 aromatic rings. The van der Waals surface area contributed by atoms with Crippen molar-refractivity contribution in [1.82, 2.24) is 10.2 Å². The zero-order chi connectivity index (χ0) is 13.0. The molecule has 102 valence electrons. The molecule has 2 fully saturated rings. The molecule has 1 amide bonds. The molecule has 3 heteroatoms. The molecule has 1 atom stereocenters. The Morgan fingerprint density at radius 2 is 2.17 bits per heavy atom. The number of likely N-dealkylation sites (tertiary alicyclic amines) is 1. The molecule has 18 heavy (non-hydrogen) atoms. The van der Waals surface area contributed by atoms with Gasteiger partial charge in [0, 0.05) is 12.2 Å². The van der Waals surface area contributed by atoms with E-state index >= 15 is 0 Å². The van der Waals surface area contributed by atoms with E-state index in [0.717, 1.165) is 44.6 Å². The van der Waals surface area contributed by atoms with Gasteiger partial charge >= 0.3 is 0 Å². The SMILES string of the molecule is C=C1CCC2(CCN(CCCCCC)C2)C(=O)N1. The van der Waals surface area contributed by atoms with E-state index < -0.39 is 0 Å². The van der Waals surface area contributed by atoms with Crippen molar-refractivity contribution in [2.45, 2.75) is 51.9 Å². The zero-order valence-electron chi connectivity index (χ0n) is 11.6. The molecule has 2 aliphatic heterocycles. The Morgan fingerprint density at radius 3 is 2.89 bits per heavy atom. The monoisotopic (exact) mass is 250 g/mol. The van der Waals surface area contributed by atoms with Crippen molar-refractivity contribution in [3.8, 4) is 0 Å². The molecule has 0 aliphatic carbocycles. The van der Waals surface area contributed by atoms with Crippen LogP contribution in [0.15, 0.2) is 12.3 Å². The van der Waals surface area contributed by atoms with Crippen molar-refractivity contribution >= 4 is 5.91 Å². The minimum absolute atomic E-state index is 0.105. The molecule has 2 saturated heterocycles. The second kappa shape index (κ2) is 5.87. The summed E-state index contributed by atoms with van der Waals surface area (Å²) in [4.78, 5) is 14.6. The molecule has 0 radical (unpaired) electrons. The van der Waals surface area contributed by atoms with Gasteiger partial charge in [0.05, 0.1) is 5.41 Å². The summed E-state index contributed by atoms with van der Waals surface area (Å²) in [5.74, 6) is 0.217. The van der Waals surface area contributed by atoms with Gasteiger partial charge in [0.1, 0.15) is 0 Å². The van der Waals surface area contributed by atoms with E-state index in [9.17, 15) is 4.79 Å². The van der Waals surface area contributed by atoms with Gasteiger partial charge in [0.15, 0.2) is 0 Å². The van der Waals surface area contributed by atoms with Gasteiger partial charge in [-0.3, -0.25) is 4.79 Å². The van der Waals surface area contributed by atoms with E-state index in [2.05, 4.69) is 23.7 Å². The van der Waals surface area contributed by atoms with Crippen LogP contribution in [0, 0.1) is 5.41 Å². The minimum Gasteiger partial charge on any atom is -0.330 e. The topological polar surface area (TPSA) is 32.3 Å². The molecule has 0 aromatic carbocycles. The van der Waals surface area contributed by atoms with E-state index in [1.165, 1.54) is 25.7 Å². The first-order chi connectivity index (χ1) is 8.66. The van der Waals surface area contributed by atoms with Crippen molar-refractivity contribution < 1.29 is 4.79 Å². The highest BCUT2D eigenvalue weighted by molar-refractivity contribution is 5.85. The number of hydrogen-bond acceptors (Lipinski definition) is 2. The highest BCUT2D eigenvalue weighted by Crippen LogP contribution is 2.39. The largest absolute Gasteiger partial charge is 0.330 e. The number of nitrogens with zero attached hydrogens (tertiary/aromatic N) is 1. The number of unbranched alkanes of at least 4 members (excludes halogenated alkanes) is 3. The first kappa shape index (κ1) is 13.6. The maximum absolute atomic E-state index is 12.2. The standard InChI is InChI=1S/C15H26N2O/c1-3-4-5-6-10-17-11-9-15(12-17)8-7-13(2)16-14(15)18/h2-12H2,1H3,(H,16,18). The molecule has 0 saturated carbocycles. The van der Waals surface area contributed by atoms with E-state index in [-0.39, 0.29) is 11.3 Å². The Hall–Kier alpha value is -0.830. The van der Waals surface area contributed by atoms with Gasteiger partial charge in [-0.1, -0.05) is 32.8 Å². The summed E-state index contributed by atoms with van der Waals surface area (Å²) < 4.78 is 0. The number of allylic oxidation sites excluding steroid dienone is 1. The smallest absolute Gasteiger partial charge is 0.231 e. The van der Waals surface area contributed by atoms with Crippen LogP contribution in [0.1, 0.15) is 51.9 Å². The molecule has 2 heterocycles. The number of piperidine rings is 1. The number of nitrogens with one attached hydrogen (secondary N) is 1. The van der Waals surface area contributed by atoms with Crippen LogP contribution in [0.3, 0.4) is 0 Å². The van der Waals surface area contributed by atoms with Crippen LogP contribution in [-0.4, -0.2) is 30.4 Å². The number of amides is 1. The predicted octanol–water partition coefficient (Wildman–Crippen LogP) is 2.68. The third kappa shape index (κ3) is 2.94. The number of carbonyl (C=O) groups excluding carboxylic acids is 1. The van der Waals surface area contributed by atoms with E-state index in [0.29, 0.717) is 0 Å². The summed E-state index contributed by atoms with van der Waals surface area (Å²) >= 11 is 0. The van der Waals surface area contributed by atoms with Gasteiger partial charge in [-0.15, -0.1) is 0 Å².